The van der Waals surface area contributed by atoms with Crippen LogP contribution in [-0.4, -0.2) is 24.1 Å². The monoisotopic (exact) mass is 288 g/mol. The van der Waals surface area contributed by atoms with E-state index in [4.69, 9.17) is 0 Å². The van der Waals surface area contributed by atoms with Crippen LogP contribution in [-0.2, 0) is 25.5 Å². The molecule has 1 aromatic rings. The molecule has 1 unspecified atom stereocenters. The second kappa shape index (κ2) is 7.16. The highest BCUT2D eigenvalue weighted by atomic mass is 16.5. The van der Waals surface area contributed by atoms with Gasteiger partial charge in [-0.15, -0.1) is 0 Å². The molecule has 0 radical (unpaired) electrons. The van der Waals surface area contributed by atoms with Gasteiger partial charge in [0, 0.05) is 25.7 Å². The molecule has 2 rings (SSSR count). The Bertz CT molecular complexity index is 530. The highest BCUT2D eigenvalue weighted by Crippen LogP contribution is 2.29. The van der Waals surface area contributed by atoms with E-state index in [-0.39, 0.29) is 24.7 Å². The molecule has 21 heavy (non-hydrogen) atoms. The number of hydrogen-bond donors (Lipinski definition) is 0. The maximum absolute atomic E-state index is 11.9. The molecule has 1 aliphatic carbocycles. The molecule has 112 valence electrons. The van der Waals surface area contributed by atoms with Gasteiger partial charge < -0.3 is 4.74 Å². The van der Waals surface area contributed by atoms with Crippen LogP contribution >= 0.6 is 0 Å². The van der Waals surface area contributed by atoms with Crippen molar-refractivity contribution in [2.75, 3.05) is 6.61 Å². The van der Waals surface area contributed by atoms with Crippen LogP contribution < -0.4 is 0 Å². The number of carbonyl (C=O) groups is 3. The summed E-state index contributed by atoms with van der Waals surface area (Å²) >= 11 is 0. The summed E-state index contributed by atoms with van der Waals surface area (Å²) in [5.41, 5.74) is 1.91. The zero-order valence-corrected chi connectivity index (χ0v) is 12.3. The van der Waals surface area contributed by atoms with Crippen molar-refractivity contribution in [3.8, 4) is 0 Å². The Morgan fingerprint density at radius 1 is 1.19 bits per heavy atom. The summed E-state index contributed by atoms with van der Waals surface area (Å²) in [6.07, 6.45) is 3.93. The van der Waals surface area contributed by atoms with Gasteiger partial charge in [0.15, 0.2) is 5.78 Å². The molecule has 1 aliphatic rings. The molecule has 0 N–H and O–H groups in total. The molecule has 0 bridgehead atoms. The molecule has 0 aromatic heterocycles. The Hall–Kier alpha value is -1.97. The Morgan fingerprint density at radius 2 is 1.90 bits per heavy atom. The lowest BCUT2D eigenvalue weighted by atomic mass is 9.83. The molecule has 0 spiro atoms. The van der Waals surface area contributed by atoms with E-state index in [1.165, 1.54) is 6.92 Å². The summed E-state index contributed by atoms with van der Waals surface area (Å²) < 4.78 is 4.68. The highest BCUT2D eigenvalue weighted by Gasteiger charge is 2.23. The van der Waals surface area contributed by atoms with Crippen LogP contribution in [0.2, 0.25) is 0 Å². The Morgan fingerprint density at radius 3 is 2.52 bits per heavy atom. The molecular weight excluding hydrogens is 268 g/mol. The summed E-state index contributed by atoms with van der Waals surface area (Å²) in [5, 5.41) is 0. The van der Waals surface area contributed by atoms with E-state index in [1.807, 2.05) is 24.3 Å². The number of Topliss-reactive ketones (excluding diaryl/α,β-unsaturated/α-hetero) is 2. The van der Waals surface area contributed by atoms with Gasteiger partial charge in [0.05, 0.1) is 0 Å². The molecule has 4 heteroatoms. The minimum atomic E-state index is -0.450. The SMILES string of the molecule is CC(=O)OCC(=O)Cc1ccc(C2CCCCC2=O)cc1. The standard InChI is InChI=1S/C17H20O4/c1-12(18)21-11-15(19)10-13-6-8-14(9-7-13)16-4-2-3-5-17(16)20/h6-9,16H,2-5,10-11H2,1H3. The zero-order chi connectivity index (χ0) is 15.2. The molecule has 1 atom stereocenters. The predicted molar refractivity (Wildman–Crippen MR) is 78.0 cm³/mol. The third-order valence-electron chi connectivity index (χ3n) is 3.77. The van der Waals surface area contributed by atoms with E-state index in [1.54, 1.807) is 0 Å². The van der Waals surface area contributed by atoms with Crippen molar-refractivity contribution in [1.82, 2.24) is 0 Å². The first-order valence-corrected chi connectivity index (χ1v) is 7.33. The normalized spacial score (nSPS) is 18.3. The van der Waals surface area contributed by atoms with Crippen molar-refractivity contribution in [3.63, 3.8) is 0 Å². The number of hydrogen-bond acceptors (Lipinski definition) is 4. The van der Waals surface area contributed by atoms with E-state index >= 15 is 0 Å². The van der Waals surface area contributed by atoms with Gasteiger partial charge in [0.2, 0.25) is 0 Å². The van der Waals surface area contributed by atoms with Crippen LogP contribution in [0.25, 0.3) is 0 Å². The maximum atomic E-state index is 11.9. The fraction of sp³-hybridized carbons (Fsp3) is 0.471. The summed E-state index contributed by atoms with van der Waals surface area (Å²) in [4.78, 5) is 34.2. The van der Waals surface area contributed by atoms with Crippen LogP contribution in [0.5, 0.6) is 0 Å². The number of benzene rings is 1. The van der Waals surface area contributed by atoms with Gasteiger partial charge in [-0.1, -0.05) is 30.7 Å². The lowest BCUT2D eigenvalue weighted by Crippen LogP contribution is -2.17. The van der Waals surface area contributed by atoms with Crippen LogP contribution in [0.4, 0.5) is 0 Å². The number of ketones is 2. The minimum absolute atomic E-state index is 0.0181. The highest BCUT2D eigenvalue weighted by molar-refractivity contribution is 5.86. The van der Waals surface area contributed by atoms with Crippen molar-refractivity contribution >= 4 is 17.5 Å². The van der Waals surface area contributed by atoms with Gasteiger partial charge in [0.25, 0.3) is 0 Å². The molecule has 0 amide bonds. The summed E-state index contributed by atoms with van der Waals surface area (Å²) in [6, 6.07) is 7.62. The third kappa shape index (κ3) is 4.52. The molecule has 0 aliphatic heterocycles. The van der Waals surface area contributed by atoms with Gasteiger partial charge in [-0.05, 0) is 24.0 Å². The predicted octanol–water partition coefficient (Wildman–Crippen LogP) is 2.59. The molecule has 1 aromatic carbocycles. The Kier molecular flexibility index (Phi) is 5.26. The van der Waals surface area contributed by atoms with E-state index in [0.717, 1.165) is 30.4 Å². The summed E-state index contributed by atoms with van der Waals surface area (Å²) in [5.74, 6) is -0.245. The number of ether oxygens (including phenoxy) is 1. The average molecular weight is 288 g/mol. The summed E-state index contributed by atoms with van der Waals surface area (Å²) in [6.45, 7) is 1.10. The molecule has 0 heterocycles. The lowest BCUT2D eigenvalue weighted by Gasteiger charge is -2.20. The molecule has 0 saturated heterocycles. The third-order valence-corrected chi connectivity index (χ3v) is 3.77. The number of rotatable bonds is 5. The molecule has 4 nitrogen and oxygen atoms in total. The second-order valence-electron chi connectivity index (χ2n) is 5.50. The topological polar surface area (TPSA) is 60.4 Å². The minimum Gasteiger partial charge on any atom is -0.458 e. The summed E-state index contributed by atoms with van der Waals surface area (Å²) in [7, 11) is 0. The van der Waals surface area contributed by atoms with Crippen LogP contribution in [0.3, 0.4) is 0 Å². The smallest absolute Gasteiger partial charge is 0.303 e. The zero-order valence-electron chi connectivity index (χ0n) is 12.3. The maximum Gasteiger partial charge on any atom is 0.303 e. The molecule has 1 fully saturated rings. The van der Waals surface area contributed by atoms with Gasteiger partial charge >= 0.3 is 5.97 Å². The fourth-order valence-electron chi connectivity index (χ4n) is 2.66. The van der Waals surface area contributed by atoms with Gasteiger partial charge in [-0.2, -0.15) is 0 Å². The van der Waals surface area contributed by atoms with E-state index < -0.39 is 5.97 Å². The van der Waals surface area contributed by atoms with Gasteiger partial charge in [0.1, 0.15) is 12.4 Å². The first kappa shape index (κ1) is 15.4. The van der Waals surface area contributed by atoms with Crippen LogP contribution in [0, 0.1) is 0 Å². The Balaban J connectivity index is 1.94. The fourth-order valence-corrected chi connectivity index (χ4v) is 2.66. The number of carbonyl (C=O) groups excluding carboxylic acids is 3. The first-order chi connectivity index (χ1) is 10.1. The van der Waals surface area contributed by atoms with E-state index in [2.05, 4.69) is 4.74 Å². The number of esters is 1. The first-order valence-electron chi connectivity index (χ1n) is 7.33. The van der Waals surface area contributed by atoms with Crippen molar-refractivity contribution < 1.29 is 19.1 Å². The van der Waals surface area contributed by atoms with Gasteiger partial charge in [-0.3, -0.25) is 14.4 Å². The van der Waals surface area contributed by atoms with Crippen LogP contribution in [0.1, 0.15) is 49.7 Å². The largest absolute Gasteiger partial charge is 0.458 e. The van der Waals surface area contributed by atoms with Crippen molar-refractivity contribution in [2.24, 2.45) is 0 Å². The van der Waals surface area contributed by atoms with E-state index in [9.17, 15) is 14.4 Å². The average Bonchev–Trinajstić information content (AvgIpc) is 2.47. The van der Waals surface area contributed by atoms with Crippen molar-refractivity contribution in [3.05, 3.63) is 35.4 Å². The molecule has 1 saturated carbocycles. The van der Waals surface area contributed by atoms with Crippen molar-refractivity contribution in [2.45, 2.75) is 44.9 Å². The van der Waals surface area contributed by atoms with E-state index in [0.29, 0.717) is 12.2 Å². The van der Waals surface area contributed by atoms with Crippen molar-refractivity contribution in [1.29, 1.82) is 0 Å². The quantitative estimate of drug-likeness (QED) is 0.781. The second-order valence-corrected chi connectivity index (χ2v) is 5.50. The molecular formula is C17H20O4. The van der Waals surface area contributed by atoms with Gasteiger partial charge in [-0.25, -0.2) is 0 Å². The van der Waals surface area contributed by atoms with Crippen LogP contribution in [0.15, 0.2) is 24.3 Å². The lowest BCUT2D eigenvalue weighted by molar-refractivity contribution is -0.145. The Labute approximate surface area is 124 Å².